The topological polar surface area (TPSA) is 32.7 Å². The van der Waals surface area contributed by atoms with Gasteiger partial charge in [-0.05, 0) is 37.2 Å². The molecule has 1 heterocycles. The van der Waals surface area contributed by atoms with Crippen LogP contribution in [0.25, 0.3) is 0 Å². The lowest BCUT2D eigenvalue weighted by Gasteiger charge is -2.35. The first kappa shape index (κ1) is 14.4. The van der Waals surface area contributed by atoms with Gasteiger partial charge in [-0.1, -0.05) is 6.07 Å². The quantitative estimate of drug-likeness (QED) is 0.907. The number of hydrogen-bond donors (Lipinski definition) is 1. The fraction of sp³-hybridized carbons (Fsp3) is 0.600. The summed E-state index contributed by atoms with van der Waals surface area (Å²) in [6.45, 7) is 4.50. The fourth-order valence-electron chi connectivity index (χ4n) is 2.60. The van der Waals surface area contributed by atoms with E-state index < -0.39 is 5.60 Å². The van der Waals surface area contributed by atoms with Crippen LogP contribution in [-0.2, 0) is 11.3 Å². The molecule has 0 atom stereocenters. The van der Waals surface area contributed by atoms with E-state index in [-0.39, 0.29) is 5.82 Å². The van der Waals surface area contributed by atoms with Gasteiger partial charge in [-0.2, -0.15) is 0 Å². The predicted molar refractivity (Wildman–Crippen MR) is 72.5 cm³/mol. The molecule has 0 aromatic heterocycles. The van der Waals surface area contributed by atoms with Crippen LogP contribution in [0.15, 0.2) is 18.2 Å². The van der Waals surface area contributed by atoms with Crippen LogP contribution >= 0.6 is 0 Å². The molecule has 0 spiro atoms. The van der Waals surface area contributed by atoms with Gasteiger partial charge in [-0.3, -0.25) is 4.90 Å². The molecule has 1 aromatic rings. The number of aliphatic hydroxyl groups is 1. The Balaban J connectivity index is 1.95. The minimum absolute atomic E-state index is 0.202. The average Bonchev–Trinajstić information content (AvgIpc) is 2.33. The molecule has 1 aliphatic rings. The number of rotatable bonds is 4. The lowest BCUT2D eigenvalue weighted by atomic mass is 9.93. The third-order valence-corrected chi connectivity index (χ3v) is 3.73. The van der Waals surface area contributed by atoms with Crippen LogP contribution < -0.4 is 0 Å². The average molecular weight is 267 g/mol. The molecule has 19 heavy (non-hydrogen) atoms. The summed E-state index contributed by atoms with van der Waals surface area (Å²) >= 11 is 0. The molecule has 1 aliphatic heterocycles. The van der Waals surface area contributed by atoms with Crippen molar-refractivity contribution >= 4 is 0 Å². The Bertz CT molecular complexity index is 430. The van der Waals surface area contributed by atoms with Crippen molar-refractivity contribution in [3.63, 3.8) is 0 Å². The maximum Gasteiger partial charge on any atom is 0.123 e. The van der Waals surface area contributed by atoms with Crippen molar-refractivity contribution in [1.82, 2.24) is 4.90 Å². The van der Waals surface area contributed by atoms with Gasteiger partial charge < -0.3 is 9.84 Å². The second kappa shape index (κ2) is 5.99. The smallest absolute Gasteiger partial charge is 0.123 e. The Morgan fingerprint density at radius 3 is 2.68 bits per heavy atom. The summed E-state index contributed by atoms with van der Waals surface area (Å²) in [7, 11) is 1.98. The van der Waals surface area contributed by atoms with E-state index in [0.717, 1.165) is 17.7 Å². The molecular weight excluding hydrogens is 245 g/mol. The third-order valence-electron chi connectivity index (χ3n) is 3.73. The highest BCUT2D eigenvalue weighted by molar-refractivity contribution is 5.26. The summed E-state index contributed by atoms with van der Waals surface area (Å²) < 4.78 is 18.3. The second-order valence-corrected chi connectivity index (χ2v) is 5.58. The molecule has 0 aliphatic carbocycles. The van der Waals surface area contributed by atoms with Gasteiger partial charge in [-0.15, -0.1) is 0 Å². The SMILES string of the molecule is Cc1cc(F)ccc1CN(C)CC1(O)CCOCC1. The summed E-state index contributed by atoms with van der Waals surface area (Å²) in [5, 5.41) is 10.5. The first-order valence-corrected chi connectivity index (χ1v) is 6.72. The first-order valence-electron chi connectivity index (χ1n) is 6.72. The number of benzene rings is 1. The van der Waals surface area contributed by atoms with E-state index in [1.165, 1.54) is 6.07 Å². The number of aryl methyl sites for hydroxylation is 1. The molecule has 106 valence electrons. The molecule has 2 rings (SSSR count). The van der Waals surface area contributed by atoms with Crippen molar-refractivity contribution in [1.29, 1.82) is 0 Å². The van der Waals surface area contributed by atoms with Crippen LogP contribution in [0.1, 0.15) is 24.0 Å². The predicted octanol–water partition coefficient (Wildman–Crippen LogP) is 2.11. The molecule has 0 bridgehead atoms. The van der Waals surface area contributed by atoms with E-state index in [1.54, 1.807) is 6.07 Å². The Kier molecular flexibility index (Phi) is 4.55. The Hall–Kier alpha value is -0.970. The Morgan fingerprint density at radius 2 is 2.05 bits per heavy atom. The summed E-state index contributed by atoms with van der Waals surface area (Å²) in [5.41, 5.74) is 1.39. The minimum atomic E-state index is -0.652. The van der Waals surface area contributed by atoms with Gasteiger partial charge in [0, 0.05) is 39.1 Å². The van der Waals surface area contributed by atoms with E-state index in [2.05, 4.69) is 4.90 Å². The standard InChI is InChI=1S/C15H22FNO2/c1-12-9-14(16)4-3-13(12)10-17(2)11-15(18)5-7-19-8-6-15/h3-4,9,18H,5-8,10-11H2,1-2H3. The third kappa shape index (κ3) is 4.00. The number of hydrogen-bond acceptors (Lipinski definition) is 3. The van der Waals surface area contributed by atoms with Gasteiger partial charge in [-0.25, -0.2) is 4.39 Å². The number of ether oxygens (including phenoxy) is 1. The highest BCUT2D eigenvalue weighted by Gasteiger charge is 2.30. The van der Waals surface area contributed by atoms with Gasteiger partial charge in [0.15, 0.2) is 0 Å². The highest BCUT2D eigenvalue weighted by atomic mass is 19.1. The van der Waals surface area contributed by atoms with E-state index in [1.807, 2.05) is 20.0 Å². The summed E-state index contributed by atoms with van der Waals surface area (Å²) in [6.07, 6.45) is 1.36. The first-order chi connectivity index (χ1) is 8.98. The van der Waals surface area contributed by atoms with Crippen molar-refractivity contribution in [2.24, 2.45) is 0 Å². The second-order valence-electron chi connectivity index (χ2n) is 5.58. The summed E-state index contributed by atoms with van der Waals surface area (Å²) in [5.74, 6) is -0.202. The van der Waals surface area contributed by atoms with E-state index in [0.29, 0.717) is 32.6 Å². The lowest BCUT2D eigenvalue weighted by molar-refractivity contribution is -0.0777. The molecule has 0 saturated carbocycles. The molecule has 0 radical (unpaired) electrons. The maximum absolute atomic E-state index is 13.1. The molecule has 1 N–H and O–H groups in total. The molecule has 0 amide bonds. The fourth-order valence-corrected chi connectivity index (χ4v) is 2.60. The molecule has 0 unspecified atom stereocenters. The van der Waals surface area contributed by atoms with Gasteiger partial charge in [0.2, 0.25) is 0 Å². The monoisotopic (exact) mass is 267 g/mol. The zero-order chi connectivity index (χ0) is 13.9. The highest BCUT2D eigenvalue weighted by Crippen LogP contribution is 2.22. The van der Waals surface area contributed by atoms with Crippen LogP contribution in [0.3, 0.4) is 0 Å². The van der Waals surface area contributed by atoms with Crippen molar-refractivity contribution < 1.29 is 14.2 Å². The molecular formula is C15H22FNO2. The van der Waals surface area contributed by atoms with Crippen molar-refractivity contribution in [2.75, 3.05) is 26.8 Å². The van der Waals surface area contributed by atoms with E-state index >= 15 is 0 Å². The lowest BCUT2D eigenvalue weighted by Crippen LogP contribution is -2.45. The van der Waals surface area contributed by atoms with Gasteiger partial charge >= 0.3 is 0 Å². The molecule has 4 heteroatoms. The van der Waals surface area contributed by atoms with Gasteiger partial charge in [0.05, 0.1) is 5.60 Å². The normalized spacial score (nSPS) is 18.8. The molecule has 1 aromatic carbocycles. The van der Waals surface area contributed by atoms with E-state index in [4.69, 9.17) is 4.74 Å². The molecule has 3 nitrogen and oxygen atoms in total. The summed E-state index contributed by atoms with van der Waals surface area (Å²) in [4.78, 5) is 2.09. The minimum Gasteiger partial charge on any atom is -0.388 e. The van der Waals surface area contributed by atoms with Crippen LogP contribution in [-0.4, -0.2) is 42.4 Å². The van der Waals surface area contributed by atoms with Crippen molar-refractivity contribution in [3.05, 3.63) is 35.1 Å². The van der Waals surface area contributed by atoms with Crippen LogP contribution in [0.4, 0.5) is 4.39 Å². The molecule has 1 saturated heterocycles. The number of halogens is 1. The van der Waals surface area contributed by atoms with Crippen LogP contribution in [0, 0.1) is 12.7 Å². The van der Waals surface area contributed by atoms with Crippen LogP contribution in [0.2, 0.25) is 0 Å². The van der Waals surface area contributed by atoms with Gasteiger partial charge in [0.1, 0.15) is 5.82 Å². The van der Waals surface area contributed by atoms with Crippen molar-refractivity contribution in [2.45, 2.75) is 31.9 Å². The zero-order valence-electron chi connectivity index (χ0n) is 11.7. The zero-order valence-corrected chi connectivity index (χ0v) is 11.7. The maximum atomic E-state index is 13.1. The summed E-state index contributed by atoms with van der Waals surface area (Å²) in [6, 6.07) is 4.85. The van der Waals surface area contributed by atoms with Crippen LogP contribution in [0.5, 0.6) is 0 Å². The Morgan fingerprint density at radius 1 is 1.37 bits per heavy atom. The van der Waals surface area contributed by atoms with Crippen molar-refractivity contribution in [3.8, 4) is 0 Å². The Labute approximate surface area is 114 Å². The number of likely N-dealkylation sites (N-methyl/N-ethyl adjacent to an activating group) is 1. The van der Waals surface area contributed by atoms with Gasteiger partial charge in [0.25, 0.3) is 0 Å². The molecule has 1 fully saturated rings. The van der Waals surface area contributed by atoms with E-state index in [9.17, 15) is 9.50 Å². The number of nitrogens with zero attached hydrogens (tertiary/aromatic N) is 1. The largest absolute Gasteiger partial charge is 0.388 e.